The molecule has 0 aromatic heterocycles. The van der Waals surface area contributed by atoms with E-state index in [-0.39, 0.29) is 23.4 Å². The standard InChI is InChI=1S/C13H14FNO5S/c1-21(19,20)10-4-2-3-9(7-10)11(16)15-6-5-13(14,8-15)12(17)18/h2-4,7H,5-6,8H2,1H3,(H,17,18). The zero-order chi connectivity index (χ0) is 15.8. The van der Waals surface area contributed by atoms with Gasteiger partial charge in [-0.15, -0.1) is 0 Å². The average Bonchev–Trinajstić information content (AvgIpc) is 2.81. The topological polar surface area (TPSA) is 91.8 Å². The molecule has 1 amide bonds. The molecule has 1 aliphatic heterocycles. The number of amides is 1. The summed E-state index contributed by atoms with van der Waals surface area (Å²) in [4.78, 5) is 24.1. The van der Waals surface area contributed by atoms with Crippen LogP contribution in [0.3, 0.4) is 0 Å². The molecule has 1 atom stereocenters. The van der Waals surface area contributed by atoms with Crippen molar-refractivity contribution in [2.75, 3.05) is 19.3 Å². The summed E-state index contributed by atoms with van der Waals surface area (Å²) >= 11 is 0. The molecule has 21 heavy (non-hydrogen) atoms. The van der Waals surface area contributed by atoms with Crippen molar-refractivity contribution in [2.45, 2.75) is 17.0 Å². The number of hydrogen-bond donors (Lipinski definition) is 1. The molecule has 1 heterocycles. The van der Waals surface area contributed by atoms with Crippen LogP contribution < -0.4 is 0 Å². The van der Waals surface area contributed by atoms with Gasteiger partial charge in [0.05, 0.1) is 11.4 Å². The van der Waals surface area contributed by atoms with E-state index >= 15 is 0 Å². The Hall–Kier alpha value is -1.96. The highest BCUT2D eigenvalue weighted by Crippen LogP contribution is 2.27. The van der Waals surface area contributed by atoms with Gasteiger partial charge >= 0.3 is 5.97 Å². The van der Waals surface area contributed by atoms with Gasteiger partial charge in [0.25, 0.3) is 5.91 Å². The van der Waals surface area contributed by atoms with Gasteiger partial charge in [-0.2, -0.15) is 0 Å². The number of carboxylic acids is 1. The molecule has 1 aromatic rings. The number of halogens is 1. The lowest BCUT2D eigenvalue weighted by Crippen LogP contribution is -2.38. The number of carboxylic acid groups (broad SMARTS) is 1. The molecule has 1 aromatic carbocycles. The molecule has 0 bridgehead atoms. The molecule has 0 aliphatic carbocycles. The number of aliphatic carboxylic acids is 1. The van der Waals surface area contributed by atoms with Gasteiger partial charge in [0, 0.05) is 24.8 Å². The summed E-state index contributed by atoms with van der Waals surface area (Å²) in [6, 6.07) is 5.39. The number of carbonyl (C=O) groups excluding carboxylic acids is 1. The van der Waals surface area contributed by atoms with Crippen LogP contribution in [0.5, 0.6) is 0 Å². The minimum absolute atomic E-state index is 0.0164. The summed E-state index contributed by atoms with van der Waals surface area (Å²) in [5, 5.41) is 8.80. The summed E-state index contributed by atoms with van der Waals surface area (Å²) in [6.45, 7) is -0.561. The van der Waals surface area contributed by atoms with Crippen molar-refractivity contribution >= 4 is 21.7 Å². The van der Waals surface area contributed by atoms with E-state index < -0.39 is 33.9 Å². The second-order valence-electron chi connectivity index (χ2n) is 5.05. The molecule has 1 saturated heterocycles. The maximum absolute atomic E-state index is 13.9. The molecular formula is C13H14FNO5S. The number of likely N-dealkylation sites (tertiary alicyclic amines) is 1. The zero-order valence-electron chi connectivity index (χ0n) is 11.2. The fourth-order valence-corrected chi connectivity index (χ4v) is 2.83. The number of rotatable bonds is 3. The predicted octanol–water partition coefficient (Wildman–Crippen LogP) is 0.729. The molecule has 1 unspecified atom stereocenters. The molecule has 8 heteroatoms. The van der Waals surface area contributed by atoms with Crippen molar-refractivity contribution in [1.29, 1.82) is 0 Å². The first kappa shape index (κ1) is 15.4. The minimum atomic E-state index is -3.46. The third kappa shape index (κ3) is 3.05. The lowest BCUT2D eigenvalue weighted by Gasteiger charge is -2.18. The van der Waals surface area contributed by atoms with Crippen molar-refractivity contribution in [1.82, 2.24) is 4.90 Å². The number of nitrogens with zero attached hydrogens (tertiary/aromatic N) is 1. The Bertz CT molecular complexity index is 702. The van der Waals surface area contributed by atoms with Gasteiger partial charge in [-0.05, 0) is 18.2 Å². The van der Waals surface area contributed by atoms with Crippen LogP contribution in [0.2, 0.25) is 0 Å². The van der Waals surface area contributed by atoms with Crippen LogP contribution in [0.15, 0.2) is 29.2 Å². The number of sulfone groups is 1. The average molecular weight is 315 g/mol. The predicted molar refractivity (Wildman–Crippen MR) is 71.5 cm³/mol. The first-order chi connectivity index (χ1) is 9.63. The van der Waals surface area contributed by atoms with E-state index in [1.165, 1.54) is 24.3 Å². The zero-order valence-corrected chi connectivity index (χ0v) is 12.1. The quantitative estimate of drug-likeness (QED) is 0.888. The van der Waals surface area contributed by atoms with Crippen molar-refractivity contribution in [3.8, 4) is 0 Å². The monoisotopic (exact) mass is 315 g/mol. The van der Waals surface area contributed by atoms with E-state index in [0.29, 0.717) is 0 Å². The normalized spacial score (nSPS) is 22.3. The molecule has 1 aliphatic rings. The van der Waals surface area contributed by atoms with Crippen LogP contribution in [0.4, 0.5) is 4.39 Å². The summed E-state index contributed by atoms with van der Waals surface area (Å²) in [6.07, 6.45) is 0.739. The van der Waals surface area contributed by atoms with Gasteiger partial charge in [0.1, 0.15) is 0 Å². The van der Waals surface area contributed by atoms with E-state index in [1.807, 2.05) is 0 Å². The highest BCUT2D eigenvalue weighted by Gasteiger charge is 2.47. The summed E-state index contributed by atoms with van der Waals surface area (Å²) in [5.41, 5.74) is -2.35. The Balaban J connectivity index is 2.25. The van der Waals surface area contributed by atoms with E-state index in [4.69, 9.17) is 5.11 Å². The van der Waals surface area contributed by atoms with Crippen LogP contribution in [-0.2, 0) is 14.6 Å². The second kappa shape index (κ2) is 5.10. The fourth-order valence-electron chi connectivity index (χ4n) is 2.16. The lowest BCUT2D eigenvalue weighted by molar-refractivity contribution is -0.149. The number of carbonyl (C=O) groups is 2. The Kier molecular flexibility index (Phi) is 3.75. The Labute approximate surface area is 121 Å². The number of hydrogen-bond acceptors (Lipinski definition) is 4. The Morgan fingerprint density at radius 1 is 1.38 bits per heavy atom. The van der Waals surface area contributed by atoms with Crippen LogP contribution in [0.1, 0.15) is 16.8 Å². The van der Waals surface area contributed by atoms with E-state index in [2.05, 4.69) is 0 Å². The molecule has 2 rings (SSSR count). The van der Waals surface area contributed by atoms with E-state index in [1.54, 1.807) is 0 Å². The molecule has 6 nitrogen and oxygen atoms in total. The van der Waals surface area contributed by atoms with Gasteiger partial charge in [-0.3, -0.25) is 4.79 Å². The SMILES string of the molecule is CS(=O)(=O)c1cccc(C(=O)N2CCC(F)(C(=O)O)C2)c1. The minimum Gasteiger partial charge on any atom is -0.479 e. The second-order valence-corrected chi connectivity index (χ2v) is 7.06. The molecule has 1 fully saturated rings. The molecule has 114 valence electrons. The first-order valence-electron chi connectivity index (χ1n) is 6.15. The largest absolute Gasteiger partial charge is 0.479 e. The van der Waals surface area contributed by atoms with Gasteiger partial charge in [0.2, 0.25) is 5.67 Å². The van der Waals surface area contributed by atoms with Gasteiger partial charge in [-0.1, -0.05) is 6.07 Å². The summed E-state index contributed by atoms with van der Waals surface area (Å²) in [7, 11) is -3.46. The first-order valence-corrected chi connectivity index (χ1v) is 8.04. The summed E-state index contributed by atoms with van der Waals surface area (Å²) < 4.78 is 36.9. The number of benzene rings is 1. The Morgan fingerprint density at radius 3 is 2.57 bits per heavy atom. The van der Waals surface area contributed by atoms with Crippen molar-refractivity contribution in [3.05, 3.63) is 29.8 Å². The highest BCUT2D eigenvalue weighted by molar-refractivity contribution is 7.90. The maximum Gasteiger partial charge on any atom is 0.343 e. The van der Waals surface area contributed by atoms with Gasteiger partial charge in [0.15, 0.2) is 9.84 Å². The van der Waals surface area contributed by atoms with Gasteiger partial charge < -0.3 is 10.0 Å². The van der Waals surface area contributed by atoms with Crippen molar-refractivity contribution in [2.24, 2.45) is 0 Å². The van der Waals surface area contributed by atoms with Gasteiger partial charge in [-0.25, -0.2) is 17.6 Å². The smallest absolute Gasteiger partial charge is 0.343 e. The molecule has 1 N–H and O–H groups in total. The van der Waals surface area contributed by atoms with Crippen LogP contribution in [0, 0.1) is 0 Å². The summed E-state index contributed by atoms with van der Waals surface area (Å²) in [5.74, 6) is -2.18. The Morgan fingerprint density at radius 2 is 2.05 bits per heavy atom. The van der Waals surface area contributed by atoms with E-state index in [0.717, 1.165) is 11.2 Å². The van der Waals surface area contributed by atoms with Crippen molar-refractivity contribution < 1.29 is 27.5 Å². The van der Waals surface area contributed by atoms with Crippen LogP contribution in [-0.4, -0.2) is 55.3 Å². The fraction of sp³-hybridized carbons (Fsp3) is 0.385. The molecule has 0 radical (unpaired) electrons. The van der Waals surface area contributed by atoms with E-state index in [9.17, 15) is 22.4 Å². The molecular weight excluding hydrogens is 301 g/mol. The lowest BCUT2D eigenvalue weighted by atomic mass is 10.1. The molecule has 0 spiro atoms. The molecule has 0 saturated carbocycles. The van der Waals surface area contributed by atoms with Crippen LogP contribution in [0.25, 0.3) is 0 Å². The highest BCUT2D eigenvalue weighted by atomic mass is 32.2. The third-order valence-corrected chi connectivity index (χ3v) is 4.51. The van der Waals surface area contributed by atoms with Crippen molar-refractivity contribution in [3.63, 3.8) is 0 Å². The maximum atomic E-state index is 13.9. The number of alkyl halides is 1. The van der Waals surface area contributed by atoms with Crippen LogP contribution >= 0.6 is 0 Å². The third-order valence-electron chi connectivity index (χ3n) is 3.40.